The van der Waals surface area contributed by atoms with E-state index in [1.165, 1.54) is 11.3 Å². The molecule has 0 bridgehead atoms. The van der Waals surface area contributed by atoms with Gasteiger partial charge in [-0.2, -0.15) is 0 Å². The zero-order valence-corrected chi connectivity index (χ0v) is 13.4. The predicted molar refractivity (Wildman–Crippen MR) is 83.6 cm³/mol. The second-order valence-electron chi connectivity index (χ2n) is 4.59. The third-order valence-electron chi connectivity index (χ3n) is 2.87. The standard InChI is InChI=1S/C15H17N3O3S/c1-4-16-13(19)10(3)21-15(20)12-9(2)18-14(22-12)11-7-5-6-8-17-11/h5-8,10H,4H2,1-3H3,(H,16,19)/t10-/m1/s1. The van der Waals surface area contributed by atoms with Crippen molar-refractivity contribution in [2.45, 2.75) is 26.9 Å². The molecular formula is C15H17N3O3S. The van der Waals surface area contributed by atoms with Crippen LogP contribution >= 0.6 is 11.3 Å². The van der Waals surface area contributed by atoms with Gasteiger partial charge in [0.1, 0.15) is 9.88 Å². The highest BCUT2D eigenvalue weighted by atomic mass is 32.1. The lowest BCUT2D eigenvalue weighted by atomic mass is 10.3. The lowest BCUT2D eigenvalue weighted by Gasteiger charge is -2.11. The molecule has 116 valence electrons. The first-order valence-corrected chi connectivity index (χ1v) is 7.72. The summed E-state index contributed by atoms with van der Waals surface area (Å²) in [5, 5.41) is 3.26. The Labute approximate surface area is 132 Å². The lowest BCUT2D eigenvalue weighted by molar-refractivity contribution is -0.128. The molecule has 22 heavy (non-hydrogen) atoms. The maximum atomic E-state index is 12.2. The smallest absolute Gasteiger partial charge is 0.351 e. The molecule has 1 N–H and O–H groups in total. The number of carbonyl (C=O) groups excluding carboxylic acids is 2. The number of thiazole rings is 1. The van der Waals surface area contributed by atoms with E-state index in [-0.39, 0.29) is 5.91 Å². The zero-order chi connectivity index (χ0) is 16.1. The van der Waals surface area contributed by atoms with Gasteiger partial charge >= 0.3 is 5.97 Å². The first kappa shape index (κ1) is 16.1. The van der Waals surface area contributed by atoms with Crippen LogP contribution in [0.25, 0.3) is 10.7 Å². The fourth-order valence-electron chi connectivity index (χ4n) is 1.77. The summed E-state index contributed by atoms with van der Waals surface area (Å²) in [5.74, 6) is -0.862. The Bertz CT molecular complexity index is 670. The van der Waals surface area contributed by atoms with Gasteiger partial charge in [-0.1, -0.05) is 6.07 Å². The molecule has 2 aromatic rings. The Morgan fingerprint density at radius 2 is 2.18 bits per heavy atom. The molecule has 0 saturated heterocycles. The van der Waals surface area contributed by atoms with Gasteiger partial charge in [-0.25, -0.2) is 9.78 Å². The molecule has 0 aliphatic heterocycles. The van der Waals surface area contributed by atoms with Crippen LogP contribution in [-0.4, -0.2) is 34.5 Å². The van der Waals surface area contributed by atoms with Gasteiger partial charge in [-0.15, -0.1) is 11.3 Å². The number of carbonyl (C=O) groups is 2. The number of amides is 1. The number of hydrogen-bond donors (Lipinski definition) is 1. The van der Waals surface area contributed by atoms with Crippen LogP contribution in [0.15, 0.2) is 24.4 Å². The highest BCUT2D eigenvalue weighted by Crippen LogP contribution is 2.27. The van der Waals surface area contributed by atoms with E-state index in [1.807, 2.05) is 18.2 Å². The molecule has 6 nitrogen and oxygen atoms in total. The van der Waals surface area contributed by atoms with Crippen LogP contribution in [0.2, 0.25) is 0 Å². The molecule has 0 unspecified atom stereocenters. The number of esters is 1. The van der Waals surface area contributed by atoms with Crippen molar-refractivity contribution in [3.05, 3.63) is 35.0 Å². The van der Waals surface area contributed by atoms with Gasteiger partial charge in [0, 0.05) is 12.7 Å². The van der Waals surface area contributed by atoms with Crippen LogP contribution in [0.3, 0.4) is 0 Å². The highest BCUT2D eigenvalue weighted by Gasteiger charge is 2.22. The quantitative estimate of drug-likeness (QED) is 0.854. The number of rotatable bonds is 5. The molecule has 0 aromatic carbocycles. The highest BCUT2D eigenvalue weighted by molar-refractivity contribution is 7.17. The van der Waals surface area contributed by atoms with Gasteiger partial charge in [0.2, 0.25) is 0 Å². The number of nitrogens with zero attached hydrogens (tertiary/aromatic N) is 2. The van der Waals surface area contributed by atoms with Crippen molar-refractivity contribution in [3.63, 3.8) is 0 Å². The summed E-state index contributed by atoms with van der Waals surface area (Å²) in [6.07, 6.45) is 0.827. The summed E-state index contributed by atoms with van der Waals surface area (Å²) in [5.41, 5.74) is 1.27. The van der Waals surface area contributed by atoms with E-state index in [0.717, 1.165) is 0 Å². The van der Waals surface area contributed by atoms with Gasteiger partial charge in [0.05, 0.1) is 11.4 Å². The average molecular weight is 319 g/mol. The van der Waals surface area contributed by atoms with Crippen molar-refractivity contribution in [1.82, 2.24) is 15.3 Å². The van der Waals surface area contributed by atoms with Gasteiger partial charge in [-0.05, 0) is 32.9 Å². The van der Waals surface area contributed by atoms with E-state index in [2.05, 4.69) is 15.3 Å². The van der Waals surface area contributed by atoms with Crippen molar-refractivity contribution in [2.75, 3.05) is 6.54 Å². The third kappa shape index (κ3) is 3.67. The van der Waals surface area contributed by atoms with Gasteiger partial charge in [0.25, 0.3) is 5.91 Å². The average Bonchev–Trinajstić information content (AvgIpc) is 2.90. The van der Waals surface area contributed by atoms with Crippen molar-refractivity contribution in [2.24, 2.45) is 0 Å². The molecule has 0 saturated carbocycles. The van der Waals surface area contributed by atoms with Gasteiger partial charge < -0.3 is 10.1 Å². The molecule has 2 heterocycles. The number of likely N-dealkylation sites (N-methyl/N-ethyl adjacent to an activating group) is 1. The Morgan fingerprint density at radius 3 is 2.82 bits per heavy atom. The SMILES string of the molecule is CCNC(=O)[C@@H](C)OC(=O)c1sc(-c2ccccn2)nc1C. The molecule has 2 aromatic heterocycles. The van der Waals surface area contributed by atoms with Crippen molar-refractivity contribution in [3.8, 4) is 10.7 Å². The van der Waals surface area contributed by atoms with E-state index < -0.39 is 12.1 Å². The number of aryl methyl sites for hydroxylation is 1. The Balaban J connectivity index is 2.14. The topological polar surface area (TPSA) is 81.2 Å². The predicted octanol–water partition coefficient (Wildman–Crippen LogP) is 2.19. The number of nitrogens with one attached hydrogen (secondary N) is 1. The van der Waals surface area contributed by atoms with E-state index in [1.54, 1.807) is 27.0 Å². The van der Waals surface area contributed by atoms with E-state index in [0.29, 0.717) is 27.8 Å². The van der Waals surface area contributed by atoms with Gasteiger partial charge in [0.15, 0.2) is 6.10 Å². The van der Waals surface area contributed by atoms with E-state index in [4.69, 9.17) is 4.74 Å². The van der Waals surface area contributed by atoms with E-state index >= 15 is 0 Å². The first-order chi connectivity index (χ1) is 10.5. The minimum atomic E-state index is -0.841. The molecule has 0 aliphatic rings. The van der Waals surface area contributed by atoms with E-state index in [9.17, 15) is 9.59 Å². The van der Waals surface area contributed by atoms with Crippen LogP contribution in [-0.2, 0) is 9.53 Å². The molecule has 1 amide bonds. The molecule has 0 fully saturated rings. The summed E-state index contributed by atoms with van der Waals surface area (Å²) in [7, 11) is 0. The lowest BCUT2D eigenvalue weighted by Crippen LogP contribution is -2.35. The second kappa shape index (κ2) is 7.13. The van der Waals surface area contributed by atoms with Crippen LogP contribution in [0.5, 0.6) is 0 Å². The van der Waals surface area contributed by atoms with Crippen molar-refractivity contribution >= 4 is 23.2 Å². The summed E-state index contributed by atoms with van der Waals surface area (Å²) < 4.78 is 5.18. The van der Waals surface area contributed by atoms with Crippen LogP contribution < -0.4 is 5.32 Å². The molecule has 2 rings (SSSR count). The summed E-state index contributed by atoms with van der Waals surface area (Å²) in [4.78, 5) is 32.7. The molecule has 0 aliphatic carbocycles. The Morgan fingerprint density at radius 1 is 1.41 bits per heavy atom. The van der Waals surface area contributed by atoms with Gasteiger partial charge in [-0.3, -0.25) is 9.78 Å². The normalized spacial score (nSPS) is 11.8. The number of aromatic nitrogens is 2. The Kier molecular flexibility index (Phi) is 5.21. The first-order valence-electron chi connectivity index (χ1n) is 6.90. The molecule has 7 heteroatoms. The van der Waals surface area contributed by atoms with Crippen molar-refractivity contribution < 1.29 is 14.3 Å². The minimum Gasteiger partial charge on any atom is -0.448 e. The molecule has 0 radical (unpaired) electrons. The maximum Gasteiger partial charge on any atom is 0.351 e. The number of ether oxygens (including phenoxy) is 1. The van der Waals surface area contributed by atoms with Crippen LogP contribution in [0.4, 0.5) is 0 Å². The maximum absolute atomic E-state index is 12.2. The summed E-state index contributed by atoms with van der Waals surface area (Å²) in [6, 6.07) is 5.49. The number of hydrogen-bond acceptors (Lipinski definition) is 6. The van der Waals surface area contributed by atoms with Crippen molar-refractivity contribution in [1.29, 1.82) is 0 Å². The fraction of sp³-hybridized carbons (Fsp3) is 0.333. The zero-order valence-electron chi connectivity index (χ0n) is 12.6. The monoisotopic (exact) mass is 319 g/mol. The van der Waals surface area contributed by atoms with Crippen LogP contribution in [0, 0.1) is 6.92 Å². The second-order valence-corrected chi connectivity index (χ2v) is 5.59. The fourth-order valence-corrected chi connectivity index (χ4v) is 2.70. The summed E-state index contributed by atoms with van der Waals surface area (Å²) >= 11 is 1.21. The minimum absolute atomic E-state index is 0.317. The third-order valence-corrected chi connectivity index (χ3v) is 4.03. The molecule has 0 spiro atoms. The largest absolute Gasteiger partial charge is 0.448 e. The Hall–Kier alpha value is -2.28. The summed E-state index contributed by atoms with van der Waals surface area (Å²) in [6.45, 7) is 5.57. The number of pyridine rings is 1. The van der Waals surface area contributed by atoms with Crippen LogP contribution in [0.1, 0.15) is 29.2 Å². The molecular weight excluding hydrogens is 302 g/mol. The molecule has 1 atom stereocenters.